The third-order valence-electron chi connectivity index (χ3n) is 6.67. The zero-order valence-electron chi connectivity index (χ0n) is 16.7. The van der Waals surface area contributed by atoms with Gasteiger partial charge in [0, 0.05) is 16.6 Å². The van der Waals surface area contributed by atoms with Crippen LogP contribution in [0.1, 0.15) is 47.8 Å². The summed E-state index contributed by atoms with van der Waals surface area (Å²) in [6, 6.07) is 14.6. The van der Waals surface area contributed by atoms with Gasteiger partial charge in [0.15, 0.2) is 0 Å². The second-order valence-electron chi connectivity index (χ2n) is 8.78. The van der Waals surface area contributed by atoms with Crippen LogP contribution in [-0.4, -0.2) is 22.1 Å². The number of aryl methyl sites for hydroxylation is 2. The van der Waals surface area contributed by atoms with Crippen molar-refractivity contribution in [2.45, 2.75) is 58.0 Å². The lowest BCUT2D eigenvalue weighted by Crippen LogP contribution is -2.32. The van der Waals surface area contributed by atoms with Gasteiger partial charge in [-0.25, -0.2) is 4.98 Å². The monoisotopic (exact) mass is 437 g/mol. The Bertz CT molecular complexity index is 1020. The van der Waals surface area contributed by atoms with Gasteiger partial charge in [0.25, 0.3) is 0 Å². The van der Waals surface area contributed by atoms with E-state index in [0.29, 0.717) is 12.1 Å². The molecule has 3 aromatic rings. The zero-order chi connectivity index (χ0) is 19.3. The lowest BCUT2D eigenvalue weighted by atomic mass is 10.1. The smallest absolute Gasteiger partial charge is 0.106 e. The Balaban J connectivity index is 1.22. The maximum atomic E-state index is 4.82. The molecule has 146 valence electrons. The summed E-state index contributed by atoms with van der Waals surface area (Å²) < 4.78 is 3.69. The average Bonchev–Trinajstić information content (AvgIpc) is 3.35. The van der Waals surface area contributed by atoms with E-state index in [0.717, 1.165) is 23.8 Å². The standard InChI is InChI=1S/C24H28BrN3/c1-15-3-8-24-23(9-15)27-16(2)28(24)22-7-6-21(13-22)26-14-17-10-18-4-5-20(25)12-19(18)11-17/h3-5,8-9,12,17,21-22,26H,6-7,10-11,13-14H2,1-2H3/t17-,21+,22+/m0/s1. The van der Waals surface area contributed by atoms with Crippen molar-refractivity contribution in [1.29, 1.82) is 0 Å². The molecule has 1 aromatic heterocycles. The fraction of sp³-hybridized carbons (Fsp3) is 0.458. The van der Waals surface area contributed by atoms with Crippen LogP contribution in [0.15, 0.2) is 40.9 Å². The highest BCUT2D eigenvalue weighted by atomic mass is 79.9. The van der Waals surface area contributed by atoms with E-state index in [2.05, 4.69) is 76.1 Å². The third-order valence-corrected chi connectivity index (χ3v) is 7.17. The fourth-order valence-corrected chi connectivity index (χ4v) is 5.73. The summed E-state index contributed by atoms with van der Waals surface area (Å²) >= 11 is 3.61. The van der Waals surface area contributed by atoms with Gasteiger partial charge in [-0.3, -0.25) is 0 Å². The molecule has 2 aromatic carbocycles. The van der Waals surface area contributed by atoms with Gasteiger partial charge in [-0.1, -0.05) is 28.1 Å². The highest BCUT2D eigenvalue weighted by Gasteiger charge is 2.29. The summed E-state index contributed by atoms with van der Waals surface area (Å²) in [5.74, 6) is 1.89. The molecule has 2 aliphatic carbocycles. The molecule has 1 saturated carbocycles. The number of imidazole rings is 1. The van der Waals surface area contributed by atoms with Crippen molar-refractivity contribution in [3.05, 3.63) is 63.4 Å². The molecule has 0 spiro atoms. The average molecular weight is 438 g/mol. The molecule has 28 heavy (non-hydrogen) atoms. The van der Waals surface area contributed by atoms with Gasteiger partial charge < -0.3 is 9.88 Å². The molecular weight excluding hydrogens is 410 g/mol. The molecule has 1 heterocycles. The van der Waals surface area contributed by atoms with Gasteiger partial charge in [-0.2, -0.15) is 0 Å². The predicted molar refractivity (Wildman–Crippen MR) is 119 cm³/mol. The van der Waals surface area contributed by atoms with E-state index in [1.165, 1.54) is 58.8 Å². The largest absolute Gasteiger partial charge is 0.325 e. The van der Waals surface area contributed by atoms with Crippen molar-refractivity contribution in [2.24, 2.45) is 5.92 Å². The second kappa shape index (κ2) is 7.31. The fourth-order valence-electron chi connectivity index (χ4n) is 5.32. The predicted octanol–water partition coefficient (Wildman–Crippen LogP) is 5.51. The van der Waals surface area contributed by atoms with Gasteiger partial charge in [0.05, 0.1) is 11.0 Å². The number of halogens is 1. The molecular formula is C24H28BrN3. The minimum atomic E-state index is 0.571. The Hall–Kier alpha value is -1.65. The normalized spacial score (nSPS) is 24.2. The van der Waals surface area contributed by atoms with Crippen LogP contribution in [0.25, 0.3) is 11.0 Å². The van der Waals surface area contributed by atoms with Crippen LogP contribution in [0.2, 0.25) is 0 Å². The topological polar surface area (TPSA) is 29.9 Å². The molecule has 3 nitrogen and oxygen atoms in total. The molecule has 0 radical (unpaired) electrons. The Kier molecular flexibility index (Phi) is 4.80. The van der Waals surface area contributed by atoms with Crippen molar-refractivity contribution >= 4 is 27.0 Å². The first kappa shape index (κ1) is 18.4. The molecule has 1 fully saturated rings. The van der Waals surface area contributed by atoms with Gasteiger partial charge >= 0.3 is 0 Å². The number of nitrogens with zero attached hydrogens (tertiary/aromatic N) is 2. The molecule has 4 heteroatoms. The van der Waals surface area contributed by atoms with E-state index in [9.17, 15) is 0 Å². The molecule has 1 N–H and O–H groups in total. The third kappa shape index (κ3) is 3.42. The van der Waals surface area contributed by atoms with Gasteiger partial charge in [0.2, 0.25) is 0 Å². The second-order valence-corrected chi connectivity index (χ2v) is 9.70. The van der Waals surface area contributed by atoms with Crippen molar-refractivity contribution in [3.8, 4) is 0 Å². The molecule has 3 atom stereocenters. The summed E-state index contributed by atoms with van der Waals surface area (Å²) in [6.45, 7) is 5.43. The molecule has 2 aliphatic rings. The zero-order valence-corrected chi connectivity index (χ0v) is 18.3. The number of rotatable bonds is 4. The lowest BCUT2D eigenvalue weighted by molar-refractivity contribution is 0.425. The molecule has 5 rings (SSSR count). The summed E-state index contributed by atoms with van der Waals surface area (Å²) in [6.07, 6.45) is 6.15. The van der Waals surface area contributed by atoms with E-state index in [4.69, 9.17) is 4.98 Å². The minimum absolute atomic E-state index is 0.571. The number of hydrogen-bond donors (Lipinski definition) is 1. The van der Waals surface area contributed by atoms with E-state index < -0.39 is 0 Å². The van der Waals surface area contributed by atoms with E-state index in [1.807, 2.05) is 0 Å². The van der Waals surface area contributed by atoms with Crippen LogP contribution in [0.4, 0.5) is 0 Å². The van der Waals surface area contributed by atoms with Crippen LogP contribution in [0.3, 0.4) is 0 Å². The summed E-state index contributed by atoms with van der Waals surface area (Å²) in [5, 5.41) is 3.90. The van der Waals surface area contributed by atoms with Crippen molar-refractivity contribution in [1.82, 2.24) is 14.9 Å². The summed E-state index contributed by atoms with van der Waals surface area (Å²) in [7, 11) is 0. The lowest BCUT2D eigenvalue weighted by Gasteiger charge is -2.18. The Labute approximate surface area is 175 Å². The molecule has 0 aliphatic heterocycles. The Morgan fingerprint density at radius 3 is 2.82 bits per heavy atom. The number of nitrogens with one attached hydrogen (secondary N) is 1. The van der Waals surface area contributed by atoms with Crippen molar-refractivity contribution in [3.63, 3.8) is 0 Å². The van der Waals surface area contributed by atoms with Crippen molar-refractivity contribution < 1.29 is 0 Å². The van der Waals surface area contributed by atoms with Gasteiger partial charge in [0.1, 0.15) is 5.82 Å². The van der Waals surface area contributed by atoms with Crippen LogP contribution >= 0.6 is 15.9 Å². The quantitative estimate of drug-likeness (QED) is 0.582. The first-order valence-electron chi connectivity index (χ1n) is 10.5. The van der Waals surface area contributed by atoms with Gasteiger partial charge in [-0.05, 0) is 99.4 Å². The molecule has 0 unspecified atom stereocenters. The molecule has 0 saturated heterocycles. The number of fused-ring (bicyclic) bond motifs is 2. The SMILES string of the molecule is Cc1ccc2c(c1)nc(C)n2[C@@H]1CC[C@@H](NC[C@H]2Cc3ccc(Br)cc3C2)C1. The number of aromatic nitrogens is 2. The van der Waals surface area contributed by atoms with Gasteiger partial charge in [-0.15, -0.1) is 0 Å². The van der Waals surface area contributed by atoms with Crippen LogP contribution in [0, 0.1) is 19.8 Å². The van der Waals surface area contributed by atoms with Crippen LogP contribution in [0.5, 0.6) is 0 Å². The number of benzene rings is 2. The van der Waals surface area contributed by atoms with E-state index in [1.54, 1.807) is 0 Å². The van der Waals surface area contributed by atoms with Crippen LogP contribution in [-0.2, 0) is 12.8 Å². The minimum Gasteiger partial charge on any atom is -0.325 e. The van der Waals surface area contributed by atoms with Crippen molar-refractivity contribution in [2.75, 3.05) is 6.54 Å². The maximum absolute atomic E-state index is 4.82. The maximum Gasteiger partial charge on any atom is 0.106 e. The summed E-state index contributed by atoms with van der Waals surface area (Å²) in [5.41, 5.74) is 6.79. The van der Waals surface area contributed by atoms with E-state index >= 15 is 0 Å². The first-order chi connectivity index (χ1) is 13.6. The Morgan fingerprint density at radius 2 is 1.93 bits per heavy atom. The summed E-state index contributed by atoms with van der Waals surface area (Å²) in [4.78, 5) is 4.82. The Morgan fingerprint density at radius 1 is 1.07 bits per heavy atom. The first-order valence-corrected chi connectivity index (χ1v) is 11.3. The molecule has 0 amide bonds. The van der Waals surface area contributed by atoms with E-state index in [-0.39, 0.29) is 0 Å². The van der Waals surface area contributed by atoms with Crippen LogP contribution < -0.4 is 5.32 Å². The highest BCUT2D eigenvalue weighted by molar-refractivity contribution is 9.10. The molecule has 0 bridgehead atoms. The highest BCUT2D eigenvalue weighted by Crippen LogP contribution is 2.35. The number of hydrogen-bond acceptors (Lipinski definition) is 2.